The molecular weight excluding hydrogens is 412 g/mol. The van der Waals surface area contributed by atoms with Crippen LogP contribution in [0.4, 0.5) is 5.82 Å². The lowest BCUT2D eigenvalue weighted by Crippen LogP contribution is -2.61. The Morgan fingerprint density at radius 2 is 1.94 bits per heavy atom. The van der Waals surface area contributed by atoms with Crippen molar-refractivity contribution >= 4 is 27.9 Å². The fourth-order valence-corrected chi connectivity index (χ4v) is 5.41. The number of fused-ring (bicyclic) bond motifs is 2. The van der Waals surface area contributed by atoms with Crippen LogP contribution < -0.4 is 10.2 Å². The van der Waals surface area contributed by atoms with Gasteiger partial charge in [0.1, 0.15) is 11.5 Å². The van der Waals surface area contributed by atoms with E-state index in [9.17, 15) is 0 Å². The maximum Gasteiger partial charge on any atom is 0.140 e. The first kappa shape index (κ1) is 20.7. The van der Waals surface area contributed by atoms with Crippen LogP contribution in [0.2, 0.25) is 0 Å². The predicted octanol–water partition coefficient (Wildman–Crippen LogP) is 4.20. The lowest BCUT2D eigenvalue weighted by Gasteiger charge is -2.43. The second-order valence-electron chi connectivity index (χ2n) is 9.82. The highest BCUT2D eigenvalue weighted by Gasteiger charge is 2.30. The summed E-state index contributed by atoms with van der Waals surface area (Å²) < 4.78 is 7.59. The Bertz CT molecular complexity index is 1290. The number of anilines is 1. The van der Waals surface area contributed by atoms with E-state index < -0.39 is 0 Å². The number of nitrogens with zero attached hydrogens (tertiary/aromatic N) is 4. The number of aromatic amines is 1. The molecule has 6 heterocycles. The van der Waals surface area contributed by atoms with Gasteiger partial charge in [0.05, 0.1) is 16.7 Å². The normalized spacial score (nSPS) is 18.0. The van der Waals surface area contributed by atoms with Gasteiger partial charge in [-0.15, -0.1) is 0 Å². The minimum absolute atomic E-state index is 0.350. The third-order valence-electron chi connectivity index (χ3n) is 7.14. The monoisotopic (exact) mass is 444 g/mol. The van der Waals surface area contributed by atoms with Gasteiger partial charge in [0, 0.05) is 74.3 Å². The molecule has 0 aromatic carbocycles. The molecular formula is C26H32N6O. The third kappa shape index (κ3) is 3.60. The summed E-state index contributed by atoms with van der Waals surface area (Å²) in [4.78, 5) is 15.8. The molecule has 0 radical (unpaired) electrons. The first-order valence-corrected chi connectivity index (χ1v) is 12.1. The van der Waals surface area contributed by atoms with Crippen LogP contribution in [-0.4, -0.2) is 57.9 Å². The number of aryl methyl sites for hydroxylation is 1. The lowest BCUT2D eigenvalue weighted by molar-refractivity contribution is 0.0736. The zero-order valence-electron chi connectivity index (χ0n) is 19.6. The predicted molar refractivity (Wildman–Crippen MR) is 133 cm³/mol. The summed E-state index contributed by atoms with van der Waals surface area (Å²) in [7, 11) is 2.06. The first-order chi connectivity index (χ1) is 16.1. The first-order valence-electron chi connectivity index (χ1n) is 12.1. The molecule has 2 N–H and O–H groups in total. The number of hydrogen-bond donors (Lipinski definition) is 2. The molecule has 4 aromatic heterocycles. The van der Waals surface area contributed by atoms with E-state index in [1.54, 1.807) is 0 Å². The molecule has 2 saturated heterocycles. The van der Waals surface area contributed by atoms with Crippen molar-refractivity contribution in [2.24, 2.45) is 7.05 Å². The zero-order valence-corrected chi connectivity index (χ0v) is 19.6. The van der Waals surface area contributed by atoms with Crippen molar-refractivity contribution in [1.82, 2.24) is 24.8 Å². The molecule has 0 unspecified atom stereocenters. The van der Waals surface area contributed by atoms with Gasteiger partial charge in [-0.1, -0.05) is 13.8 Å². The summed E-state index contributed by atoms with van der Waals surface area (Å²) in [5.41, 5.74) is 6.80. The van der Waals surface area contributed by atoms with Crippen molar-refractivity contribution in [3.8, 4) is 11.3 Å². The van der Waals surface area contributed by atoms with Gasteiger partial charge >= 0.3 is 0 Å². The average molecular weight is 445 g/mol. The van der Waals surface area contributed by atoms with E-state index in [-0.39, 0.29) is 0 Å². The molecule has 2 aliphatic heterocycles. The Hall–Kier alpha value is -2.90. The van der Waals surface area contributed by atoms with Gasteiger partial charge < -0.3 is 24.5 Å². The standard InChI is InChI=1S/C26H32N6O/c1-16(2)23-24(20-15-31(3)26-19(20)5-4-10-27-26)29-21-6-7-22(30-25(21)23)32-13-18(14-32)28-17-8-11-33-12-9-17/h4-7,10,15-18,28-29H,8-9,11-14H2,1-3H3. The molecule has 6 rings (SSSR count). The SMILES string of the molecule is CC(C)c1c(-c2cn(C)c3ncccc23)[nH]c2ccc(N3CC(NC4CCOCC4)C3)nc12. The van der Waals surface area contributed by atoms with Crippen molar-refractivity contribution in [2.75, 3.05) is 31.2 Å². The fourth-order valence-electron chi connectivity index (χ4n) is 5.41. The molecule has 0 atom stereocenters. The molecule has 7 heteroatoms. The van der Waals surface area contributed by atoms with Crippen LogP contribution >= 0.6 is 0 Å². The Morgan fingerprint density at radius 3 is 2.73 bits per heavy atom. The van der Waals surface area contributed by atoms with Crippen molar-refractivity contribution in [3.63, 3.8) is 0 Å². The largest absolute Gasteiger partial charge is 0.381 e. The molecule has 0 saturated carbocycles. The molecule has 0 aliphatic carbocycles. The smallest absolute Gasteiger partial charge is 0.140 e. The van der Waals surface area contributed by atoms with E-state index in [0.717, 1.165) is 67.3 Å². The number of ether oxygens (including phenoxy) is 1. The van der Waals surface area contributed by atoms with Gasteiger partial charge in [0.2, 0.25) is 0 Å². The molecule has 4 aromatic rings. The van der Waals surface area contributed by atoms with Crippen LogP contribution in [0.1, 0.15) is 38.2 Å². The minimum atomic E-state index is 0.350. The van der Waals surface area contributed by atoms with E-state index in [1.165, 1.54) is 16.5 Å². The number of pyridine rings is 2. The Kier molecular flexibility index (Phi) is 5.11. The molecule has 0 spiro atoms. The number of rotatable bonds is 5. The van der Waals surface area contributed by atoms with Crippen molar-refractivity contribution < 1.29 is 4.74 Å². The summed E-state index contributed by atoms with van der Waals surface area (Å²) >= 11 is 0. The van der Waals surface area contributed by atoms with E-state index in [0.29, 0.717) is 18.0 Å². The minimum Gasteiger partial charge on any atom is -0.381 e. The highest BCUT2D eigenvalue weighted by atomic mass is 16.5. The van der Waals surface area contributed by atoms with Crippen molar-refractivity contribution in [1.29, 1.82) is 0 Å². The number of nitrogens with one attached hydrogen (secondary N) is 2. The summed E-state index contributed by atoms with van der Waals surface area (Å²) in [6.45, 7) is 8.29. The van der Waals surface area contributed by atoms with Gasteiger partial charge in [0.15, 0.2) is 0 Å². The summed E-state index contributed by atoms with van der Waals surface area (Å²) in [5.74, 6) is 1.42. The molecule has 33 heavy (non-hydrogen) atoms. The van der Waals surface area contributed by atoms with Gasteiger partial charge in [0.25, 0.3) is 0 Å². The van der Waals surface area contributed by atoms with Crippen LogP contribution in [0.25, 0.3) is 33.3 Å². The number of hydrogen-bond acceptors (Lipinski definition) is 5. The molecule has 7 nitrogen and oxygen atoms in total. The van der Waals surface area contributed by atoms with Crippen molar-refractivity contribution in [3.05, 3.63) is 42.2 Å². The van der Waals surface area contributed by atoms with Gasteiger partial charge in [-0.05, 0) is 43.0 Å². The topological polar surface area (TPSA) is 71.0 Å². The fraction of sp³-hybridized carbons (Fsp3) is 0.462. The second-order valence-corrected chi connectivity index (χ2v) is 9.82. The van der Waals surface area contributed by atoms with Crippen LogP contribution in [0.5, 0.6) is 0 Å². The quantitative estimate of drug-likeness (QED) is 0.483. The molecule has 2 fully saturated rings. The molecule has 0 amide bonds. The average Bonchev–Trinajstić information content (AvgIpc) is 3.34. The summed E-state index contributed by atoms with van der Waals surface area (Å²) in [6, 6.07) is 9.64. The van der Waals surface area contributed by atoms with Crippen LogP contribution in [0, 0.1) is 0 Å². The van der Waals surface area contributed by atoms with E-state index in [4.69, 9.17) is 9.72 Å². The van der Waals surface area contributed by atoms with E-state index >= 15 is 0 Å². The maximum atomic E-state index is 5.49. The van der Waals surface area contributed by atoms with Crippen LogP contribution in [-0.2, 0) is 11.8 Å². The molecule has 2 aliphatic rings. The Morgan fingerprint density at radius 1 is 1.12 bits per heavy atom. The van der Waals surface area contributed by atoms with Gasteiger partial charge in [-0.25, -0.2) is 9.97 Å². The van der Waals surface area contributed by atoms with E-state index in [2.05, 4.69) is 70.0 Å². The van der Waals surface area contributed by atoms with Crippen molar-refractivity contribution in [2.45, 2.75) is 44.7 Å². The highest BCUT2D eigenvalue weighted by molar-refractivity contribution is 5.98. The van der Waals surface area contributed by atoms with Gasteiger partial charge in [-0.2, -0.15) is 0 Å². The van der Waals surface area contributed by atoms with Crippen LogP contribution in [0.3, 0.4) is 0 Å². The number of H-pyrrole nitrogens is 1. The molecule has 0 bridgehead atoms. The van der Waals surface area contributed by atoms with E-state index in [1.807, 2.05) is 12.3 Å². The maximum absolute atomic E-state index is 5.49. The highest BCUT2D eigenvalue weighted by Crippen LogP contribution is 2.39. The van der Waals surface area contributed by atoms with Gasteiger partial charge in [-0.3, -0.25) is 0 Å². The third-order valence-corrected chi connectivity index (χ3v) is 7.14. The summed E-state index contributed by atoms with van der Waals surface area (Å²) in [5, 5.41) is 4.97. The number of aromatic nitrogens is 4. The molecule has 172 valence electrons. The summed E-state index contributed by atoms with van der Waals surface area (Å²) in [6.07, 6.45) is 6.27. The Labute approximate surface area is 194 Å². The van der Waals surface area contributed by atoms with Crippen LogP contribution in [0.15, 0.2) is 36.7 Å². The lowest BCUT2D eigenvalue weighted by atomic mass is 9.98. The Balaban J connectivity index is 1.31. The second kappa shape index (κ2) is 8.15. The zero-order chi connectivity index (χ0) is 22.5.